The Labute approximate surface area is 155 Å². The number of hydrogen-bond donors (Lipinski definition) is 1. The minimum absolute atomic E-state index is 0.271. The van der Waals surface area contributed by atoms with Crippen LogP contribution in [0.5, 0.6) is 0 Å². The highest BCUT2D eigenvalue weighted by atomic mass is 16.2. The molecule has 6 nitrogen and oxygen atoms in total. The lowest BCUT2D eigenvalue weighted by Gasteiger charge is -2.26. The van der Waals surface area contributed by atoms with Crippen LogP contribution in [0.3, 0.4) is 0 Å². The second-order valence-electron chi connectivity index (χ2n) is 7.85. The van der Waals surface area contributed by atoms with E-state index in [0.29, 0.717) is 17.7 Å². The maximum absolute atomic E-state index is 12.7. The van der Waals surface area contributed by atoms with Gasteiger partial charge in [-0.3, -0.25) is 9.59 Å². The Hall–Kier alpha value is -1.98. The molecule has 1 aliphatic carbocycles. The zero-order chi connectivity index (χ0) is 18.4. The zero-order valence-electron chi connectivity index (χ0n) is 15.5. The highest BCUT2D eigenvalue weighted by Crippen LogP contribution is 2.28. The van der Waals surface area contributed by atoms with Gasteiger partial charge in [-0.2, -0.15) is 0 Å². The molecule has 2 N–H and O–H groups in total. The largest absolute Gasteiger partial charge is 0.364 e. The molecule has 0 unspecified atom stereocenters. The van der Waals surface area contributed by atoms with Gasteiger partial charge in [0, 0.05) is 25.2 Å². The normalized spacial score (nSPS) is 22.0. The van der Waals surface area contributed by atoms with Gasteiger partial charge in [0.1, 0.15) is 12.0 Å². The van der Waals surface area contributed by atoms with Gasteiger partial charge in [0.2, 0.25) is 5.91 Å². The number of nitrogens with two attached hydrogens (primary N) is 1. The molecule has 2 fully saturated rings. The molecule has 1 aromatic rings. The van der Waals surface area contributed by atoms with Crippen molar-refractivity contribution in [1.82, 2.24) is 14.9 Å². The average molecular weight is 358 g/mol. The molecule has 2 heterocycles. The van der Waals surface area contributed by atoms with E-state index in [2.05, 4.69) is 14.9 Å². The molecule has 1 atom stereocenters. The lowest BCUT2D eigenvalue weighted by atomic mass is 9.86. The third-order valence-electron chi connectivity index (χ3n) is 5.86. The SMILES string of the molecule is NC(=O)c1cc(C[C@H]2CCCN(C(=O)CC3CCCCC3)CC2)ncn1. The number of nitrogens with zero attached hydrogens (tertiary/aromatic N) is 3. The third-order valence-corrected chi connectivity index (χ3v) is 5.86. The number of primary amides is 1. The van der Waals surface area contributed by atoms with Crippen molar-refractivity contribution in [1.29, 1.82) is 0 Å². The van der Waals surface area contributed by atoms with E-state index in [1.54, 1.807) is 6.07 Å². The van der Waals surface area contributed by atoms with E-state index in [0.717, 1.165) is 50.9 Å². The molecule has 0 radical (unpaired) electrons. The molecular formula is C20H30N4O2. The molecule has 0 spiro atoms. The second-order valence-corrected chi connectivity index (χ2v) is 7.85. The van der Waals surface area contributed by atoms with Crippen LogP contribution < -0.4 is 5.73 Å². The van der Waals surface area contributed by atoms with Crippen LogP contribution in [0.15, 0.2) is 12.4 Å². The van der Waals surface area contributed by atoms with Gasteiger partial charge < -0.3 is 10.6 Å². The first-order chi connectivity index (χ1) is 12.6. The molecule has 0 bridgehead atoms. The van der Waals surface area contributed by atoms with Crippen molar-refractivity contribution in [2.45, 2.75) is 64.2 Å². The summed E-state index contributed by atoms with van der Waals surface area (Å²) >= 11 is 0. The molecule has 0 aromatic carbocycles. The Kier molecular flexibility index (Phi) is 6.58. The van der Waals surface area contributed by atoms with Crippen molar-refractivity contribution in [2.24, 2.45) is 17.6 Å². The summed E-state index contributed by atoms with van der Waals surface area (Å²) < 4.78 is 0. The number of hydrogen-bond acceptors (Lipinski definition) is 4. The van der Waals surface area contributed by atoms with Gasteiger partial charge in [0.15, 0.2) is 0 Å². The lowest BCUT2D eigenvalue weighted by molar-refractivity contribution is -0.132. The van der Waals surface area contributed by atoms with Crippen LogP contribution in [-0.2, 0) is 11.2 Å². The number of carbonyl (C=O) groups is 2. The summed E-state index contributed by atoms with van der Waals surface area (Å²) in [6, 6.07) is 1.69. The van der Waals surface area contributed by atoms with Crippen molar-refractivity contribution < 1.29 is 9.59 Å². The predicted octanol–water partition coefficient (Wildman–Crippen LogP) is 2.72. The Morgan fingerprint density at radius 3 is 2.54 bits per heavy atom. The van der Waals surface area contributed by atoms with Crippen molar-refractivity contribution in [3.8, 4) is 0 Å². The Balaban J connectivity index is 1.50. The smallest absolute Gasteiger partial charge is 0.267 e. The molecule has 6 heteroatoms. The van der Waals surface area contributed by atoms with Crippen LogP contribution in [-0.4, -0.2) is 39.8 Å². The van der Waals surface area contributed by atoms with Gasteiger partial charge in [0.25, 0.3) is 5.91 Å². The highest BCUT2D eigenvalue weighted by Gasteiger charge is 2.24. The predicted molar refractivity (Wildman–Crippen MR) is 99.4 cm³/mol. The molecule has 1 saturated carbocycles. The van der Waals surface area contributed by atoms with Crippen LogP contribution in [0.4, 0.5) is 0 Å². The number of aromatic nitrogens is 2. The van der Waals surface area contributed by atoms with Crippen molar-refractivity contribution in [2.75, 3.05) is 13.1 Å². The highest BCUT2D eigenvalue weighted by molar-refractivity contribution is 5.90. The van der Waals surface area contributed by atoms with Crippen LogP contribution in [0, 0.1) is 11.8 Å². The van der Waals surface area contributed by atoms with Crippen molar-refractivity contribution >= 4 is 11.8 Å². The molecule has 1 aliphatic heterocycles. The van der Waals surface area contributed by atoms with E-state index in [1.165, 1.54) is 38.4 Å². The molecule has 1 saturated heterocycles. The molecule has 26 heavy (non-hydrogen) atoms. The fourth-order valence-electron chi connectivity index (χ4n) is 4.33. The van der Waals surface area contributed by atoms with Gasteiger partial charge in [-0.25, -0.2) is 9.97 Å². The fourth-order valence-corrected chi connectivity index (χ4v) is 4.33. The molecule has 142 valence electrons. The minimum atomic E-state index is -0.519. The van der Waals surface area contributed by atoms with Gasteiger partial charge >= 0.3 is 0 Å². The first-order valence-corrected chi connectivity index (χ1v) is 10.0. The molecule has 3 rings (SSSR count). The topological polar surface area (TPSA) is 89.2 Å². The summed E-state index contributed by atoms with van der Waals surface area (Å²) in [5, 5.41) is 0. The Morgan fingerprint density at radius 2 is 1.77 bits per heavy atom. The van der Waals surface area contributed by atoms with E-state index in [4.69, 9.17) is 5.73 Å². The standard InChI is InChI=1S/C20H30N4O2/c21-20(26)18-13-17(22-14-23-18)11-16-7-4-9-24(10-8-16)19(25)12-15-5-2-1-3-6-15/h13-16H,1-12H2,(H2,21,26)/t16-/m0/s1. The summed E-state index contributed by atoms with van der Waals surface area (Å²) in [4.78, 5) is 34.2. The van der Waals surface area contributed by atoms with Gasteiger partial charge in [-0.1, -0.05) is 19.3 Å². The fraction of sp³-hybridized carbons (Fsp3) is 0.700. The van der Waals surface area contributed by atoms with E-state index >= 15 is 0 Å². The Bertz CT molecular complexity index is 628. The lowest BCUT2D eigenvalue weighted by Crippen LogP contribution is -2.33. The number of rotatable bonds is 5. The maximum Gasteiger partial charge on any atom is 0.267 e. The molecule has 1 aromatic heterocycles. The number of likely N-dealkylation sites (tertiary alicyclic amines) is 1. The zero-order valence-corrected chi connectivity index (χ0v) is 15.5. The second kappa shape index (κ2) is 9.10. The van der Waals surface area contributed by atoms with E-state index < -0.39 is 5.91 Å². The number of carbonyl (C=O) groups excluding carboxylic acids is 2. The van der Waals surface area contributed by atoms with Gasteiger partial charge in [-0.15, -0.1) is 0 Å². The van der Waals surface area contributed by atoms with E-state index in [-0.39, 0.29) is 5.69 Å². The van der Waals surface area contributed by atoms with Crippen molar-refractivity contribution in [3.63, 3.8) is 0 Å². The molecular weight excluding hydrogens is 328 g/mol. The summed E-state index contributed by atoms with van der Waals surface area (Å²) in [5.41, 5.74) is 6.43. The van der Waals surface area contributed by atoms with Crippen LogP contribution in [0.2, 0.25) is 0 Å². The summed E-state index contributed by atoms with van der Waals surface area (Å²) in [7, 11) is 0. The van der Waals surface area contributed by atoms with E-state index in [1.807, 2.05) is 0 Å². The maximum atomic E-state index is 12.7. The molecule has 2 amide bonds. The monoisotopic (exact) mass is 358 g/mol. The first kappa shape index (κ1) is 18.8. The van der Waals surface area contributed by atoms with Gasteiger partial charge in [0.05, 0.1) is 0 Å². The van der Waals surface area contributed by atoms with Crippen LogP contribution >= 0.6 is 0 Å². The summed E-state index contributed by atoms with van der Waals surface area (Å²) in [6.45, 7) is 1.71. The first-order valence-electron chi connectivity index (χ1n) is 10.0. The van der Waals surface area contributed by atoms with E-state index in [9.17, 15) is 9.59 Å². The summed E-state index contributed by atoms with van der Waals surface area (Å²) in [5.74, 6) is 0.909. The quantitative estimate of drug-likeness (QED) is 0.876. The number of amides is 2. The minimum Gasteiger partial charge on any atom is -0.364 e. The van der Waals surface area contributed by atoms with Crippen molar-refractivity contribution in [3.05, 3.63) is 23.8 Å². The Morgan fingerprint density at radius 1 is 1.00 bits per heavy atom. The summed E-state index contributed by atoms with van der Waals surface area (Å²) in [6.07, 6.45) is 12.4. The molecule has 2 aliphatic rings. The van der Waals surface area contributed by atoms with Crippen LogP contribution in [0.25, 0.3) is 0 Å². The van der Waals surface area contributed by atoms with Gasteiger partial charge in [-0.05, 0) is 56.4 Å². The van der Waals surface area contributed by atoms with Crippen LogP contribution in [0.1, 0.15) is 74.0 Å². The average Bonchev–Trinajstić information content (AvgIpc) is 2.88. The third kappa shape index (κ3) is 5.26.